The first-order valence-corrected chi connectivity index (χ1v) is 10.8. The first kappa shape index (κ1) is 20.7. The summed E-state index contributed by atoms with van der Waals surface area (Å²) in [5, 5.41) is 12.2. The molecule has 1 heterocycles. The Morgan fingerprint density at radius 2 is 1.93 bits per heavy atom. The number of carbonyl (C=O) groups excluding carboxylic acids is 1. The number of fused-ring (bicyclic) bond motifs is 1. The van der Waals surface area contributed by atoms with Crippen LogP contribution in [-0.4, -0.2) is 31.8 Å². The second kappa shape index (κ2) is 7.40. The van der Waals surface area contributed by atoms with Gasteiger partial charge in [-0.3, -0.25) is 4.79 Å². The minimum Gasteiger partial charge on any atom is -0.449 e. The lowest BCUT2D eigenvalue weighted by molar-refractivity contribution is 0.0981. The second-order valence-electron chi connectivity index (χ2n) is 7.76. The van der Waals surface area contributed by atoms with Crippen LogP contribution in [-0.2, 0) is 16.4 Å². The highest BCUT2D eigenvalue weighted by molar-refractivity contribution is 7.89. The molecule has 1 aliphatic rings. The molecule has 0 fully saturated rings. The number of hydrogen-bond donors (Lipinski definition) is 3. The lowest BCUT2D eigenvalue weighted by atomic mass is 9.73. The van der Waals surface area contributed by atoms with Crippen molar-refractivity contribution in [3.05, 3.63) is 59.2 Å². The molecule has 0 bridgehead atoms. The molecular formula is C20H22N2O6S. The van der Waals surface area contributed by atoms with Crippen LogP contribution in [0.2, 0.25) is 0 Å². The number of anilines is 1. The summed E-state index contributed by atoms with van der Waals surface area (Å²) in [7, 11) is -3.65. The lowest BCUT2D eigenvalue weighted by Crippen LogP contribution is -2.35. The molecule has 1 aliphatic heterocycles. The molecule has 1 amide bonds. The van der Waals surface area contributed by atoms with Gasteiger partial charge < -0.3 is 15.2 Å². The van der Waals surface area contributed by atoms with E-state index in [9.17, 15) is 18.0 Å². The van der Waals surface area contributed by atoms with Crippen molar-refractivity contribution >= 4 is 27.8 Å². The third kappa shape index (κ3) is 4.86. The smallest absolute Gasteiger partial charge is 0.449 e. The van der Waals surface area contributed by atoms with Crippen molar-refractivity contribution in [3.63, 3.8) is 0 Å². The second-order valence-corrected chi connectivity index (χ2v) is 9.51. The van der Waals surface area contributed by atoms with Gasteiger partial charge in [0.05, 0.1) is 12.3 Å². The number of carboxylic acid groups (broad SMARTS) is 1. The van der Waals surface area contributed by atoms with E-state index in [1.54, 1.807) is 36.4 Å². The fraction of sp³-hybridized carbons (Fsp3) is 0.300. The van der Waals surface area contributed by atoms with E-state index < -0.39 is 22.1 Å². The zero-order chi connectivity index (χ0) is 21.4. The van der Waals surface area contributed by atoms with Crippen LogP contribution in [0, 0.1) is 5.41 Å². The molecule has 1 atom stereocenters. The number of hydrogen-bond acceptors (Lipinski definition) is 6. The number of amides is 1. The van der Waals surface area contributed by atoms with Crippen LogP contribution in [0.25, 0.3) is 0 Å². The third-order valence-electron chi connectivity index (χ3n) is 4.77. The Kier molecular flexibility index (Phi) is 5.27. The van der Waals surface area contributed by atoms with Gasteiger partial charge in [-0.15, -0.1) is 0 Å². The number of sulfonamides is 1. The molecule has 0 saturated heterocycles. The van der Waals surface area contributed by atoms with Crippen LogP contribution in [0.3, 0.4) is 0 Å². The van der Waals surface area contributed by atoms with Crippen molar-refractivity contribution in [2.24, 2.45) is 5.41 Å². The van der Waals surface area contributed by atoms with Crippen LogP contribution >= 0.6 is 0 Å². The number of nitrogens with one attached hydrogen (secondary N) is 2. The summed E-state index contributed by atoms with van der Waals surface area (Å²) in [6.45, 7) is 4.11. The average molecular weight is 418 g/mol. The van der Waals surface area contributed by atoms with E-state index in [1.165, 1.54) is 0 Å². The van der Waals surface area contributed by atoms with Gasteiger partial charge in [0.1, 0.15) is 5.75 Å². The molecule has 2 aromatic carbocycles. The first-order chi connectivity index (χ1) is 13.4. The van der Waals surface area contributed by atoms with Gasteiger partial charge in [0.15, 0.2) is 0 Å². The Balaban J connectivity index is 1.91. The molecule has 9 heteroatoms. The summed E-state index contributed by atoms with van der Waals surface area (Å²) in [5.41, 5.74) is 2.59. The topological polar surface area (TPSA) is 122 Å². The summed E-state index contributed by atoms with van der Waals surface area (Å²) in [6.07, 6.45) is 0.214. The third-order valence-corrected chi connectivity index (χ3v) is 5.33. The van der Waals surface area contributed by atoms with E-state index >= 15 is 0 Å². The van der Waals surface area contributed by atoms with Gasteiger partial charge in [-0.25, -0.2) is 17.9 Å². The van der Waals surface area contributed by atoms with Gasteiger partial charge in [0, 0.05) is 11.3 Å². The van der Waals surface area contributed by atoms with Crippen molar-refractivity contribution in [2.45, 2.75) is 26.3 Å². The number of carbonyl (C=O) groups is 2. The monoisotopic (exact) mass is 418 g/mol. The van der Waals surface area contributed by atoms with Crippen molar-refractivity contribution in [3.8, 4) is 5.75 Å². The first-order valence-electron chi connectivity index (χ1n) is 8.87. The zero-order valence-corrected chi connectivity index (χ0v) is 17.0. The molecule has 0 aromatic heterocycles. The number of ether oxygens (including phenoxy) is 1. The fourth-order valence-electron chi connectivity index (χ4n) is 3.59. The summed E-state index contributed by atoms with van der Waals surface area (Å²) in [5.74, 6) is -0.425. The fourth-order valence-corrected chi connectivity index (χ4v) is 4.04. The van der Waals surface area contributed by atoms with E-state index in [-0.39, 0.29) is 22.8 Å². The summed E-state index contributed by atoms with van der Waals surface area (Å²) < 4.78 is 29.4. The quantitative estimate of drug-likeness (QED) is 0.515. The zero-order valence-electron chi connectivity index (χ0n) is 16.2. The predicted molar refractivity (Wildman–Crippen MR) is 108 cm³/mol. The van der Waals surface area contributed by atoms with Gasteiger partial charge in [-0.05, 0) is 53.3 Å². The molecular weight excluding hydrogens is 396 g/mol. The Hall–Kier alpha value is -3.07. The van der Waals surface area contributed by atoms with E-state index in [2.05, 4.69) is 19.2 Å². The molecule has 1 unspecified atom stereocenters. The number of benzene rings is 2. The van der Waals surface area contributed by atoms with Crippen molar-refractivity contribution in [1.82, 2.24) is 4.72 Å². The molecule has 29 heavy (non-hydrogen) atoms. The van der Waals surface area contributed by atoms with Crippen LogP contribution < -0.4 is 14.8 Å². The largest absolute Gasteiger partial charge is 0.511 e. The maximum Gasteiger partial charge on any atom is 0.511 e. The average Bonchev–Trinajstić information content (AvgIpc) is 2.58. The van der Waals surface area contributed by atoms with Gasteiger partial charge in [0.25, 0.3) is 5.91 Å². The number of rotatable bonds is 4. The Morgan fingerprint density at radius 3 is 2.59 bits per heavy atom. The standard InChI is InChI=1S/C20H22N2O6S/c1-20(2)11-14-10-15(28-19(24)25)7-8-16(14)21-17(20)12-5-4-6-13(9-12)18(23)22-29(3,26)27/h4-10,17,21H,11H2,1-3H3,(H,22,23)(H,24,25). The molecule has 8 nitrogen and oxygen atoms in total. The Bertz CT molecular complexity index is 1080. The summed E-state index contributed by atoms with van der Waals surface area (Å²) in [4.78, 5) is 23.0. The molecule has 3 rings (SSSR count). The van der Waals surface area contributed by atoms with E-state index in [4.69, 9.17) is 9.84 Å². The maximum absolute atomic E-state index is 12.2. The Morgan fingerprint density at radius 1 is 1.21 bits per heavy atom. The maximum atomic E-state index is 12.2. The minimum atomic E-state index is -3.65. The molecule has 0 saturated carbocycles. The normalized spacial score (nSPS) is 17.6. The highest BCUT2D eigenvalue weighted by atomic mass is 32.2. The SMILES string of the molecule is CC1(C)Cc2cc(OC(=O)O)ccc2NC1c1cccc(C(=O)NS(C)(=O)=O)c1. The molecule has 3 N–H and O–H groups in total. The summed E-state index contributed by atoms with van der Waals surface area (Å²) >= 11 is 0. The van der Waals surface area contributed by atoms with E-state index in [1.807, 2.05) is 10.8 Å². The van der Waals surface area contributed by atoms with E-state index in [0.717, 1.165) is 23.1 Å². The highest BCUT2D eigenvalue weighted by Crippen LogP contribution is 2.45. The molecule has 0 spiro atoms. The van der Waals surface area contributed by atoms with Gasteiger partial charge in [0.2, 0.25) is 10.0 Å². The van der Waals surface area contributed by atoms with Gasteiger partial charge >= 0.3 is 6.16 Å². The minimum absolute atomic E-state index is 0.146. The predicted octanol–water partition coefficient (Wildman–Crippen LogP) is 3.17. The molecule has 0 aliphatic carbocycles. The molecule has 0 radical (unpaired) electrons. The van der Waals surface area contributed by atoms with Crippen LogP contribution in [0.5, 0.6) is 5.75 Å². The molecule has 154 valence electrons. The van der Waals surface area contributed by atoms with Gasteiger partial charge in [-0.2, -0.15) is 0 Å². The lowest BCUT2D eigenvalue weighted by Gasteiger charge is -2.41. The molecule has 2 aromatic rings. The van der Waals surface area contributed by atoms with Crippen LogP contribution in [0.15, 0.2) is 42.5 Å². The van der Waals surface area contributed by atoms with Crippen molar-refractivity contribution < 1.29 is 27.9 Å². The van der Waals surface area contributed by atoms with Crippen LogP contribution in [0.1, 0.15) is 41.4 Å². The van der Waals surface area contributed by atoms with Crippen molar-refractivity contribution in [1.29, 1.82) is 0 Å². The van der Waals surface area contributed by atoms with E-state index in [0.29, 0.717) is 6.42 Å². The van der Waals surface area contributed by atoms with Crippen molar-refractivity contribution in [2.75, 3.05) is 11.6 Å². The van der Waals surface area contributed by atoms with Crippen LogP contribution in [0.4, 0.5) is 10.5 Å². The highest BCUT2D eigenvalue weighted by Gasteiger charge is 2.36. The Labute approximate surface area is 168 Å². The summed E-state index contributed by atoms with van der Waals surface area (Å²) in [6, 6.07) is 11.7. The van der Waals surface area contributed by atoms with Gasteiger partial charge in [-0.1, -0.05) is 26.0 Å².